The minimum absolute atomic E-state index is 0. The summed E-state index contributed by atoms with van der Waals surface area (Å²) in [6.07, 6.45) is 8.01. The summed E-state index contributed by atoms with van der Waals surface area (Å²) in [6, 6.07) is 0.654. The molecule has 1 aliphatic rings. The van der Waals surface area contributed by atoms with E-state index in [1.54, 1.807) is 7.11 Å². The Labute approximate surface area is 123 Å². The SMILES string of the molecule is COCC(C)C(=O)NCCNC1CCCCCC1.Cl. The summed E-state index contributed by atoms with van der Waals surface area (Å²) in [4.78, 5) is 11.6. The van der Waals surface area contributed by atoms with Crippen LogP contribution < -0.4 is 10.6 Å². The molecule has 0 aromatic heterocycles. The fraction of sp³-hybridized carbons (Fsp3) is 0.929. The molecule has 0 bridgehead atoms. The molecule has 1 rings (SSSR count). The molecular formula is C14H29ClN2O2. The first kappa shape index (κ1) is 18.7. The highest BCUT2D eigenvalue weighted by Gasteiger charge is 2.13. The lowest BCUT2D eigenvalue weighted by Crippen LogP contribution is -2.39. The smallest absolute Gasteiger partial charge is 0.225 e. The number of halogens is 1. The van der Waals surface area contributed by atoms with Crippen LogP contribution in [0, 0.1) is 5.92 Å². The average Bonchev–Trinajstić information content (AvgIpc) is 2.63. The van der Waals surface area contributed by atoms with Gasteiger partial charge < -0.3 is 15.4 Å². The van der Waals surface area contributed by atoms with Crippen molar-refractivity contribution < 1.29 is 9.53 Å². The van der Waals surface area contributed by atoms with Crippen LogP contribution in [-0.2, 0) is 9.53 Å². The molecular weight excluding hydrogens is 264 g/mol. The predicted octanol–water partition coefficient (Wildman–Crippen LogP) is 2.12. The average molecular weight is 293 g/mol. The van der Waals surface area contributed by atoms with E-state index in [4.69, 9.17) is 4.74 Å². The molecule has 4 nitrogen and oxygen atoms in total. The van der Waals surface area contributed by atoms with Gasteiger partial charge in [-0.05, 0) is 12.8 Å². The normalized spacial score (nSPS) is 18.2. The van der Waals surface area contributed by atoms with E-state index in [0.29, 0.717) is 19.2 Å². The minimum Gasteiger partial charge on any atom is -0.384 e. The van der Waals surface area contributed by atoms with E-state index < -0.39 is 0 Å². The Morgan fingerprint density at radius 3 is 2.42 bits per heavy atom. The molecule has 1 amide bonds. The van der Waals surface area contributed by atoms with Crippen molar-refractivity contribution in [2.45, 2.75) is 51.5 Å². The van der Waals surface area contributed by atoms with Gasteiger partial charge in [-0.15, -0.1) is 12.4 Å². The maximum absolute atomic E-state index is 11.6. The molecule has 1 fully saturated rings. The molecule has 0 radical (unpaired) electrons. The summed E-state index contributed by atoms with van der Waals surface area (Å²) in [7, 11) is 1.62. The largest absolute Gasteiger partial charge is 0.384 e. The molecule has 0 aromatic carbocycles. The van der Waals surface area contributed by atoms with Crippen LogP contribution in [0.2, 0.25) is 0 Å². The van der Waals surface area contributed by atoms with E-state index in [-0.39, 0.29) is 24.2 Å². The minimum atomic E-state index is -0.0621. The lowest BCUT2D eigenvalue weighted by atomic mass is 10.1. The molecule has 1 atom stereocenters. The highest BCUT2D eigenvalue weighted by Crippen LogP contribution is 2.16. The molecule has 1 aliphatic carbocycles. The van der Waals surface area contributed by atoms with E-state index in [1.165, 1.54) is 38.5 Å². The standard InChI is InChI=1S/C14H28N2O2.ClH/c1-12(11-18-2)14(17)16-10-9-15-13-7-5-3-4-6-8-13;/h12-13,15H,3-11H2,1-2H3,(H,16,17);1H. The van der Waals surface area contributed by atoms with Crippen LogP contribution >= 0.6 is 12.4 Å². The van der Waals surface area contributed by atoms with Gasteiger partial charge in [-0.3, -0.25) is 4.79 Å². The number of methoxy groups -OCH3 is 1. The zero-order valence-corrected chi connectivity index (χ0v) is 13.1. The summed E-state index contributed by atoms with van der Waals surface area (Å²) < 4.78 is 4.96. The molecule has 1 saturated carbocycles. The Morgan fingerprint density at radius 2 is 1.84 bits per heavy atom. The van der Waals surface area contributed by atoms with Crippen LogP contribution in [0.3, 0.4) is 0 Å². The summed E-state index contributed by atoms with van der Waals surface area (Å²) >= 11 is 0. The second-order valence-corrected chi connectivity index (χ2v) is 5.29. The van der Waals surface area contributed by atoms with Crippen molar-refractivity contribution in [1.29, 1.82) is 0 Å². The zero-order valence-electron chi connectivity index (χ0n) is 12.2. The first-order valence-electron chi connectivity index (χ1n) is 7.24. The Hall–Kier alpha value is -0.320. The van der Waals surface area contributed by atoms with Gasteiger partial charge in [0.1, 0.15) is 0 Å². The van der Waals surface area contributed by atoms with E-state index in [2.05, 4.69) is 10.6 Å². The fourth-order valence-electron chi connectivity index (χ4n) is 2.45. The number of rotatable bonds is 7. The summed E-state index contributed by atoms with van der Waals surface area (Å²) in [6.45, 7) is 3.96. The first-order chi connectivity index (χ1) is 8.74. The lowest BCUT2D eigenvalue weighted by Gasteiger charge is -2.17. The van der Waals surface area contributed by atoms with Gasteiger partial charge in [-0.25, -0.2) is 0 Å². The molecule has 0 aromatic rings. The van der Waals surface area contributed by atoms with Gasteiger partial charge in [0.15, 0.2) is 0 Å². The van der Waals surface area contributed by atoms with Crippen LogP contribution in [0.1, 0.15) is 45.4 Å². The van der Waals surface area contributed by atoms with E-state index >= 15 is 0 Å². The van der Waals surface area contributed by atoms with Gasteiger partial charge in [-0.2, -0.15) is 0 Å². The zero-order chi connectivity index (χ0) is 13.2. The number of carbonyl (C=O) groups is 1. The maximum Gasteiger partial charge on any atom is 0.225 e. The Bertz CT molecular complexity index is 231. The van der Waals surface area contributed by atoms with Gasteiger partial charge >= 0.3 is 0 Å². The summed E-state index contributed by atoms with van der Waals surface area (Å²) in [5, 5.41) is 6.48. The molecule has 114 valence electrons. The second-order valence-electron chi connectivity index (χ2n) is 5.29. The van der Waals surface area contributed by atoms with Crippen LogP contribution in [0.5, 0.6) is 0 Å². The number of ether oxygens (including phenoxy) is 1. The van der Waals surface area contributed by atoms with Crippen LogP contribution in [0.15, 0.2) is 0 Å². The van der Waals surface area contributed by atoms with Crippen LogP contribution in [0.25, 0.3) is 0 Å². The monoisotopic (exact) mass is 292 g/mol. The third-order valence-electron chi connectivity index (χ3n) is 3.58. The molecule has 1 unspecified atom stereocenters. The van der Waals surface area contributed by atoms with E-state index in [0.717, 1.165) is 6.54 Å². The molecule has 19 heavy (non-hydrogen) atoms. The lowest BCUT2D eigenvalue weighted by molar-refractivity contribution is -0.125. The molecule has 0 saturated heterocycles. The van der Waals surface area contributed by atoms with Crippen molar-refractivity contribution >= 4 is 18.3 Å². The molecule has 0 spiro atoms. The molecule has 2 N–H and O–H groups in total. The highest BCUT2D eigenvalue weighted by molar-refractivity contribution is 5.85. The molecule has 0 aliphatic heterocycles. The number of carbonyl (C=O) groups excluding carboxylic acids is 1. The van der Waals surface area contributed by atoms with E-state index in [1.807, 2.05) is 6.92 Å². The third-order valence-corrected chi connectivity index (χ3v) is 3.58. The van der Waals surface area contributed by atoms with Crippen molar-refractivity contribution in [3.63, 3.8) is 0 Å². The van der Waals surface area contributed by atoms with Crippen molar-refractivity contribution in [3.05, 3.63) is 0 Å². The number of nitrogens with one attached hydrogen (secondary N) is 2. The fourth-order valence-corrected chi connectivity index (χ4v) is 2.45. The Balaban J connectivity index is 0.00000324. The molecule has 0 heterocycles. The Kier molecular flexibility index (Phi) is 11.3. The molecule has 5 heteroatoms. The quantitative estimate of drug-likeness (QED) is 0.558. The van der Waals surface area contributed by atoms with Crippen LogP contribution in [-0.4, -0.2) is 38.8 Å². The highest BCUT2D eigenvalue weighted by atomic mass is 35.5. The topological polar surface area (TPSA) is 50.4 Å². The summed E-state index contributed by atoms with van der Waals surface area (Å²) in [5.74, 6) is 0.0207. The predicted molar refractivity (Wildman–Crippen MR) is 80.8 cm³/mol. The maximum atomic E-state index is 11.6. The van der Waals surface area contributed by atoms with Gasteiger partial charge in [0, 0.05) is 26.2 Å². The van der Waals surface area contributed by atoms with Gasteiger partial charge in [0.2, 0.25) is 5.91 Å². The Morgan fingerprint density at radius 1 is 1.21 bits per heavy atom. The summed E-state index contributed by atoms with van der Waals surface area (Å²) in [5.41, 5.74) is 0. The third kappa shape index (κ3) is 8.45. The number of amides is 1. The van der Waals surface area contributed by atoms with Crippen molar-refractivity contribution in [2.24, 2.45) is 5.92 Å². The first-order valence-corrected chi connectivity index (χ1v) is 7.24. The number of hydrogen-bond donors (Lipinski definition) is 2. The second kappa shape index (κ2) is 11.5. The van der Waals surface area contributed by atoms with Gasteiger partial charge in [0.25, 0.3) is 0 Å². The van der Waals surface area contributed by atoms with Gasteiger partial charge in [-0.1, -0.05) is 32.6 Å². The van der Waals surface area contributed by atoms with Gasteiger partial charge in [0.05, 0.1) is 12.5 Å². The number of hydrogen-bond acceptors (Lipinski definition) is 3. The van der Waals surface area contributed by atoms with E-state index in [9.17, 15) is 4.79 Å². The van der Waals surface area contributed by atoms with Crippen molar-refractivity contribution in [2.75, 3.05) is 26.8 Å². The van der Waals surface area contributed by atoms with Crippen LogP contribution in [0.4, 0.5) is 0 Å². The van der Waals surface area contributed by atoms with Crippen molar-refractivity contribution in [3.8, 4) is 0 Å². The van der Waals surface area contributed by atoms with Crippen molar-refractivity contribution in [1.82, 2.24) is 10.6 Å².